The van der Waals surface area contributed by atoms with Gasteiger partial charge in [-0.2, -0.15) is 0 Å². The molecule has 0 unspecified atom stereocenters. The zero-order chi connectivity index (χ0) is 24.0. The van der Waals surface area contributed by atoms with Crippen molar-refractivity contribution >= 4 is 23.5 Å². The molecule has 3 N–H and O–H groups in total. The van der Waals surface area contributed by atoms with E-state index in [-0.39, 0.29) is 19.2 Å². The average Bonchev–Trinajstić information content (AvgIpc) is 2.92. The third-order valence-electron chi connectivity index (χ3n) is 5.99. The molecule has 2 aliphatic heterocycles. The summed E-state index contributed by atoms with van der Waals surface area (Å²) in [4.78, 5) is 35.1. The summed E-state index contributed by atoms with van der Waals surface area (Å²) in [6.07, 6.45) is 4.32. The summed E-state index contributed by atoms with van der Waals surface area (Å²) in [5.41, 5.74) is 3.64. The Balaban J connectivity index is 1.44. The number of aliphatic hydroxyl groups excluding tert-OH is 1. The van der Waals surface area contributed by atoms with E-state index in [4.69, 9.17) is 19.8 Å². The van der Waals surface area contributed by atoms with E-state index in [0.29, 0.717) is 37.2 Å². The maximum absolute atomic E-state index is 11.9. The predicted molar refractivity (Wildman–Crippen MR) is 131 cm³/mol. The quantitative estimate of drug-likeness (QED) is 0.484. The van der Waals surface area contributed by atoms with Crippen LogP contribution in [0.2, 0.25) is 0 Å². The number of aromatic nitrogens is 4. The van der Waals surface area contributed by atoms with Gasteiger partial charge in [0.25, 0.3) is 0 Å². The van der Waals surface area contributed by atoms with Gasteiger partial charge in [-0.15, -0.1) is 0 Å². The molecule has 0 atom stereocenters. The molecule has 0 saturated carbocycles. The Bertz CT molecular complexity index is 1150. The summed E-state index contributed by atoms with van der Waals surface area (Å²) in [7, 11) is 0. The molecule has 2 aromatic heterocycles. The van der Waals surface area contributed by atoms with Crippen LogP contribution in [0.15, 0.2) is 42.7 Å². The van der Waals surface area contributed by atoms with Gasteiger partial charge >= 0.3 is 6.03 Å². The van der Waals surface area contributed by atoms with Crippen molar-refractivity contribution in [1.29, 1.82) is 0 Å². The molecule has 11 nitrogen and oxygen atoms in total. The molecule has 0 bridgehead atoms. The summed E-state index contributed by atoms with van der Waals surface area (Å²) < 4.78 is 5.56. The number of benzene rings is 1. The van der Waals surface area contributed by atoms with Crippen molar-refractivity contribution < 1.29 is 14.6 Å². The van der Waals surface area contributed by atoms with Gasteiger partial charge in [-0.25, -0.2) is 24.7 Å². The van der Waals surface area contributed by atoms with Crippen LogP contribution in [0.1, 0.15) is 11.3 Å². The molecule has 182 valence electrons. The van der Waals surface area contributed by atoms with Gasteiger partial charge in [0.15, 0.2) is 5.82 Å². The van der Waals surface area contributed by atoms with Crippen LogP contribution in [-0.2, 0) is 17.7 Å². The second-order valence-electron chi connectivity index (χ2n) is 8.30. The highest BCUT2D eigenvalue weighted by atomic mass is 16.5. The van der Waals surface area contributed by atoms with E-state index in [2.05, 4.69) is 30.4 Å². The lowest BCUT2D eigenvalue weighted by Crippen LogP contribution is -2.39. The third kappa shape index (κ3) is 5.31. The lowest BCUT2D eigenvalue weighted by atomic mass is 10.0. The summed E-state index contributed by atoms with van der Waals surface area (Å²) >= 11 is 0. The summed E-state index contributed by atoms with van der Waals surface area (Å²) in [5, 5.41) is 14.2. The third-order valence-corrected chi connectivity index (χ3v) is 5.99. The van der Waals surface area contributed by atoms with E-state index < -0.39 is 0 Å². The largest absolute Gasteiger partial charge is 0.395 e. The smallest absolute Gasteiger partial charge is 0.319 e. The molecule has 35 heavy (non-hydrogen) atoms. The number of aliphatic hydroxyl groups is 1. The minimum Gasteiger partial charge on any atom is -0.395 e. The number of nitrogens with one attached hydrogen (secondary N) is 2. The van der Waals surface area contributed by atoms with Gasteiger partial charge in [-0.05, 0) is 36.8 Å². The van der Waals surface area contributed by atoms with Gasteiger partial charge in [0.1, 0.15) is 5.82 Å². The molecule has 0 radical (unpaired) electrons. The minimum atomic E-state index is -0.366. The van der Waals surface area contributed by atoms with E-state index in [0.717, 1.165) is 43.1 Å². The van der Waals surface area contributed by atoms with E-state index >= 15 is 0 Å². The molecular weight excluding hydrogens is 448 g/mol. The summed E-state index contributed by atoms with van der Waals surface area (Å²) in [6, 6.07) is 8.87. The molecular formula is C24H28N8O3. The van der Waals surface area contributed by atoms with Crippen LogP contribution in [0, 0.1) is 0 Å². The van der Waals surface area contributed by atoms with E-state index in [1.165, 1.54) is 5.56 Å². The highest BCUT2D eigenvalue weighted by Crippen LogP contribution is 2.31. The van der Waals surface area contributed by atoms with Gasteiger partial charge in [-0.3, -0.25) is 0 Å². The van der Waals surface area contributed by atoms with Gasteiger partial charge in [-0.1, -0.05) is 0 Å². The zero-order valence-electron chi connectivity index (χ0n) is 19.4. The monoisotopic (exact) mass is 476 g/mol. The molecule has 2 aliphatic rings. The number of morpholine rings is 1. The molecule has 1 aromatic carbocycles. The second-order valence-corrected chi connectivity index (χ2v) is 8.30. The molecule has 11 heteroatoms. The van der Waals surface area contributed by atoms with Crippen LogP contribution in [0.5, 0.6) is 0 Å². The number of urea groups is 1. The highest BCUT2D eigenvalue weighted by molar-refractivity contribution is 5.89. The van der Waals surface area contributed by atoms with Crippen LogP contribution in [0.25, 0.3) is 11.4 Å². The Morgan fingerprint density at radius 1 is 1.03 bits per heavy atom. The Labute approximate surface area is 203 Å². The SMILES string of the molecule is O=C(NCCO)Nc1ccc(-c2nc3c(c(N4CCOCC4)n2)CCN(c2ncccn2)C3)cc1. The number of anilines is 3. The molecule has 4 heterocycles. The standard InChI is InChI=1S/C24H28N8O3/c33-13-9-27-24(34)28-18-4-2-17(3-5-18)21-29-20-16-32(23-25-7-1-8-26-23)10-6-19(20)22(30-21)31-11-14-35-15-12-31/h1-5,7-8,33H,6,9-16H2,(H2,27,28,34). The number of carbonyl (C=O) groups is 1. The van der Waals surface area contributed by atoms with Crippen molar-refractivity contribution in [2.24, 2.45) is 0 Å². The summed E-state index contributed by atoms with van der Waals surface area (Å²) in [6.45, 7) is 4.43. The Morgan fingerprint density at radius 3 is 2.54 bits per heavy atom. The number of hydrogen-bond acceptors (Lipinski definition) is 9. The first-order chi connectivity index (χ1) is 17.2. The molecule has 3 aromatic rings. The maximum Gasteiger partial charge on any atom is 0.319 e. The predicted octanol–water partition coefficient (Wildman–Crippen LogP) is 1.45. The number of fused-ring (bicyclic) bond motifs is 1. The Morgan fingerprint density at radius 2 is 1.80 bits per heavy atom. The molecule has 2 amide bonds. The van der Waals surface area contributed by atoms with Crippen molar-refractivity contribution in [2.75, 3.05) is 61.1 Å². The van der Waals surface area contributed by atoms with Crippen LogP contribution in [0.3, 0.4) is 0 Å². The number of rotatable bonds is 6. The van der Waals surface area contributed by atoms with Crippen molar-refractivity contribution in [2.45, 2.75) is 13.0 Å². The van der Waals surface area contributed by atoms with Crippen molar-refractivity contribution in [3.8, 4) is 11.4 Å². The van der Waals surface area contributed by atoms with E-state index in [1.54, 1.807) is 12.4 Å². The van der Waals surface area contributed by atoms with Gasteiger partial charge < -0.3 is 30.3 Å². The van der Waals surface area contributed by atoms with Gasteiger partial charge in [0, 0.05) is 55.4 Å². The van der Waals surface area contributed by atoms with E-state index in [9.17, 15) is 4.79 Å². The van der Waals surface area contributed by atoms with Crippen molar-refractivity contribution in [1.82, 2.24) is 25.3 Å². The van der Waals surface area contributed by atoms with Crippen molar-refractivity contribution in [3.63, 3.8) is 0 Å². The number of ether oxygens (including phenoxy) is 1. The minimum absolute atomic E-state index is 0.110. The number of amides is 2. The van der Waals surface area contributed by atoms with Crippen molar-refractivity contribution in [3.05, 3.63) is 54.0 Å². The zero-order valence-corrected chi connectivity index (χ0v) is 19.4. The second kappa shape index (κ2) is 10.6. The van der Waals surface area contributed by atoms with Gasteiger partial charge in [0.2, 0.25) is 5.95 Å². The lowest BCUT2D eigenvalue weighted by molar-refractivity contribution is 0.122. The molecule has 0 aliphatic carbocycles. The van der Waals surface area contributed by atoms with E-state index in [1.807, 2.05) is 30.3 Å². The molecule has 1 fully saturated rings. The van der Waals surface area contributed by atoms with Crippen LogP contribution in [-0.4, -0.2) is 77.1 Å². The normalized spacial score (nSPS) is 15.5. The molecule has 0 spiro atoms. The first kappa shape index (κ1) is 22.9. The number of nitrogens with zero attached hydrogens (tertiary/aromatic N) is 6. The van der Waals surface area contributed by atoms with Crippen LogP contribution in [0.4, 0.5) is 22.2 Å². The fourth-order valence-corrected chi connectivity index (χ4v) is 4.25. The summed E-state index contributed by atoms with van der Waals surface area (Å²) in [5.74, 6) is 2.30. The maximum atomic E-state index is 11.9. The fourth-order valence-electron chi connectivity index (χ4n) is 4.25. The first-order valence-corrected chi connectivity index (χ1v) is 11.7. The first-order valence-electron chi connectivity index (χ1n) is 11.7. The van der Waals surface area contributed by atoms with Crippen LogP contribution < -0.4 is 20.4 Å². The lowest BCUT2D eigenvalue weighted by Gasteiger charge is -2.34. The molecule has 5 rings (SSSR count). The highest BCUT2D eigenvalue weighted by Gasteiger charge is 2.27. The number of carbonyl (C=O) groups excluding carboxylic acids is 1. The molecule has 1 saturated heterocycles. The average molecular weight is 477 g/mol. The van der Waals surface area contributed by atoms with Gasteiger partial charge in [0.05, 0.1) is 32.1 Å². The fraction of sp³-hybridized carbons (Fsp3) is 0.375. The Kier molecular flexibility index (Phi) is 6.96. The Hall–Kier alpha value is -3.83. The number of hydrogen-bond donors (Lipinski definition) is 3. The van der Waals surface area contributed by atoms with Crippen LogP contribution >= 0.6 is 0 Å². The topological polar surface area (TPSA) is 129 Å².